The van der Waals surface area contributed by atoms with Crippen LogP contribution in [0.4, 0.5) is 4.39 Å². The zero-order chi connectivity index (χ0) is 14.6. The molecular weight excluding hydrogens is 251 g/mol. The highest BCUT2D eigenvalue weighted by Gasteiger charge is 2.34. The van der Waals surface area contributed by atoms with Crippen LogP contribution in [0.3, 0.4) is 0 Å². The standard InChI is InChI=1S/C18H17FO/c1-4-6-15-7-5-8-17(13-15)18(19,20-3)16-11-9-14(2)10-12-16/h5-13H,1H2,2-3H3. The van der Waals surface area contributed by atoms with Crippen LogP contribution in [0.2, 0.25) is 0 Å². The molecule has 2 rings (SSSR count). The van der Waals surface area contributed by atoms with Gasteiger partial charge in [0.05, 0.1) is 0 Å². The second-order valence-electron chi connectivity index (χ2n) is 4.64. The molecule has 0 aromatic heterocycles. The minimum Gasteiger partial charge on any atom is -0.342 e. The van der Waals surface area contributed by atoms with E-state index < -0.39 is 5.85 Å². The molecule has 0 fully saturated rings. The SMILES string of the molecule is C=C=Cc1cccc(C(F)(OC)c2ccc(C)cc2)c1. The Hall–Kier alpha value is -2.15. The van der Waals surface area contributed by atoms with Crippen molar-refractivity contribution in [1.82, 2.24) is 0 Å². The van der Waals surface area contributed by atoms with E-state index in [1.165, 1.54) is 7.11 Å². The van der Waals surface area contributed by atoms with Gasteiger partial charge < -0.3 is 4.74 Å². The van der Waals surface area contributed by atoms with Crippen molar-refractivity contribution in [2.24, 2.45) is 0 Å². The Morgan fingerprint density at radius 2 is 1.85 bits per heavy atom. The van der Waals surface area contributed by atoms with Gasteiger partial charge in [-0.2, -0.15) is 0 Å². The summed E-state index contributed by atoms with van der Waals surface area (Å²) in [7, 11) is 1.37. The minimum absolute atomic E-state index is 0.452. The first-order valence-corrected chi connectivity index (χ1v) is 6.37. The van der Waals surface area contributed by atoms with E-state index in [0.29, 0.717) is 11.1 Å². The molecule has 0 saturated heterocycles. The van der Waals surface area contributed by atoms with Crippen LogP contribution in [0.5, 0.6) is 0 Å². The van der Waals surface area contributed by atoms with Crippen molar-refractivity contribution in [2.75, 3.05) is 7.11 Å². The molecule has 102 valence electrons. The lowest BCUT2D eigenvalue weighted by molar-refractivity contribution is -0.0921. The molecule has 0 aliphatic rings. The summed E-state index contributed by atoms with van der Waals surface area (Å²) in [5, 5.41) is 0. The van der Waals surface area contributed by atoms with Gasteiger partial charge in [0, 0.05) is 18.2 Å². The van der Waals surface area contributed by atoms with Gasteiger partial charge in [0.15, 0.2) is 0 Å². The molecule has 0 spiro atoms. The lowest BCUT2D eigenvalue weighted by Gasteiger charge is -2.25. The Balaban J connectivity index is 2.52. The molecule has 0 aliphatic heterocycles. The molecule has 0 aliphatic carbocycles. The number of hydrogen-bond acceptors (Lipinski definition) is 1. The molecule has 2 aromatic carbocycles. The van der Waals surface area contributed by atoms with Crippen LogP contribution in [0.1, 0.15) is 22.3 Å². The molecular formula is C18H17FO. The molecule has 20 heavy (non-hydrogen) atoms. The first-order valence-electron chi connectivity index (χ1n) is 6.37. The van der Waals surface area contributed by atoms with Gasteiger partial charge >= 0.3 is 0 Å². The number of hydrogen-bond donors (Lipinski definition) is 0. The van der Waals surface area contributed by atoms with Crippen molar-refractivity contribution in [1.29, 1.82) is 0 Å². The minimum atomic E-state index is -1.96. The van der Waals surface area contributed by atoms with E-state index in [1.807, 2.05) is 25.1 Å². The molecule has 2 aromatic rings. The highest BCUT2D eigenvalue weighted by atomic mass is 19.2. The summed E-state index contributed by atoms with van der Waals surface area (Å²) in [6, 6.07) is 14.3. The monoisotopic (exact) mass is 268 g/mol. The molecule has 0 bridgehead atoms. The van der Waals surface area contributed by atoms with E-state index in [4.69, 9.17) is 4.74 Å². The summed E-state index contributed by atoms with van der Waals surface area (Å²) >= 11 is 0. The van der Waals surface area contributed by atoms with Gasteiger partial charge in [0.1, 0.15) is 0 Å². The third-order valence-electron chi connectivity index (χ3n) is 3.23. The van der Waals surface area contributed by atoms with Crippen molar-refractivity contribution in [3.05, 3.63) is 83.1 Å². The molecule has 0 N–H and O–H groups in total. The van der Waals surface area contributed by atoms with E-state index in [2.05, 4.69) is 12.3 Å². The number of aryl methyl sites for hydroxylation is 1. The van der Waals surface area contributed by atoms with Crippen LogP contribution < -0.4 is 0 Å². The number of methoxy groups -OCH3 is 1. The average molecular weight is 268 g/mol. The second-order valence-corrected chi connectivity index (χ2v) is 4.64. The van der Waals surface area contributed by atoms with Crippen LogP contribution in [0.15, 0.2) is 60.8 Å². The largest absolute Gasteiger partial charge is 0.342 e. The van der Waals surface area contributed by atoms with Crippen molar-refractivity contribution >= 4 is 6.08 Å². The Labute approximate surface area is 119 Å². The van der Waals surface area contributed by atoms with Crippen LogP contribution in [-0.2, 0) is 10.6 Å². The summed E-state index contributed by atoms with van der Waals surface area (Å²) in [4.78, 5) is 0. The van der Waals surface area contributed by atoms with Gasteiger partial charge in [-0.3, -0.25) is 0 Å². The topological polar surface area (TPSA) is 9.23 Å². The first-order chi connectivity index (χ1) is 9.60. The molecule has 1 atom stereocenters. The first kappa shape index (κ1) is 14.3. The van der Waals surface area contributed by atoms with Gasteiger partial charge in [-0.25, -0.2) is 4.39 Å². The second kappa shape index (κ2) is 5.87. The maximum absolute atomic E-state index is 15.3. The van der Waals surface area contributed by atoms with Crippen molar-refractivity contribution in [3.8, 4) is 0 Å². The number of ether oxygens (including phenoxy) is 1. The fourth-order valence-electron chi connectivity index (χ4n) is 2.12. The van der Waals surface area contributed by atoms with Gasteiger partial charge in [0.25, 0.3) is 5.85 Å². The maximum Gasteiger partial charge on any atom is 0.261 e. The Morgan fingerprint density at radius 1 is 1.15 bits per heavy atom. The van der Waals surface area contributed by atoms with Gasteiger partial charge in [0.2, 0.25) is 0 Å². The fourth-order valence-corrected chi connectivity index (χ4v) is 2.12. The third-order valence-corrected chi connectivity index (χ3v) is 3.23. The Kier molecular flexibility index (Phi) is 4.19. The van der Waals surface area contributed by atoms with E-state index in [0.717, 1.165) is 11.1 Å². The summed E-state index contributed by atoms with van der Waals surface area (Å²) in [5.41, 5.74) is 5.53. The van der Waals surface area contributed by atoms with Gasteiger partial charge in [-0.15, -0.1) is 5.73 Å². The smallest absolute Gasteiger partial charge is 0.261 e. The molecule has 0 amide bonds. The van der Waals surface area contributed by atoms with Gasteiger partial charge in [-0.05, 0) is 24.6 Å². The average Bonchev–Trinajstić information content (AvgIpc) is 2.48. The highest BCUT2D eigenvalue weighted by molar-refractivity contribution is 5.51. The zero-order valence-electron chi connectivity index (χ0n) is 11.7. The number of alkyl halides is 1. The quantitative estimate of drug-likeness (QED) is 0.736. The number of benzene rings is 2. The predicted molar refractivity (Wildman–Crippen MR) is 80.1 cm³/mol. The lowest BCUT2D eigenvalue weighted by Crippen LogP contribution is -2.24. The fraction of sp³-hybridized carbons (Fsp3) is 0.167. The molecule has 1 nitrogen and oxygen atoms in total. The van der Waals surface area contributed by atoms with Gasteiger partial charge in [-0.1, -0.05) is 54.6 Å². The predicted octanol–water partition coefficient (Wildman–Crippen LogP) is 4.61. The summed E-state index contributed by atoms with van der Waals surface area (Å²) in [6.45, 7) is 5.49. The van der Waals surface area contributed by atoms with E-state index >= 15 is 4.39 Å². The van der Waals surface area contributed by atoms with Crippen LogP contribution in [0, 0.1) is 6.92 Å². The molecule has 0 heterocycles. The van der Waals surface area contributed by atoms with E-state index in [1.54, 1.807) is 36.4 Å². The third kappa shape index (κ3) is 2.72. The normalized spacial score (nSPS) is 13.3. The summed E-state index contributed by atoms with van der Waals surface area (Å²) in [6.07, 6.45) is 1.70. The van der Waals surface area contributed by atoms with Crippen LogP contribution in [0.25, 0.3) is 6.08 Å². The van der Waals surface area contributed by atoms with Crippen molar-refractivity contribution in [2.45, 2.75) is 12.8 Å². The molecule has 0 saturated carbocycles. The molecule has 2 heteroatoms. The zero-order valence-corrected chi connectivity index (χ0v) is 11.7. The lowest BCUT2D eigenvalue weighted by atomic mass is 9.96. The molecule has 1 unspecified atom stereocenters. The number of halogens is 1. The van der Waals surface area contributed by atoms with Crippen LogP contribution in [-0.4, -0.2) is 7.11 Å². The Morgan fingerprint density at radius 3 is 2.45 bits per heavy atom. The highest BCUT2D eigenvalue weighted by Crippen LogP contribution is 2.35. The summed E-state index contributed by atoms with van der Waals surface area (Å²) in [5.74, 6) is -1.96. The van der Waals surface area contributed by atoms with Crippen molar-refractivity contribution < 1.29 is 9.13 Å². The summed E-state index contributed by atoms with van der Waals surface area (Å²) < 4.78 is 20.4. The van der Waals surface area contributed by atoms with E-state index in [9.17, 15) is 0 Å². The number of rotatable bonds is 4. The maximum atomic E-state index is 15.3. The Bertz CT molecular complexity index is 639. The van der Waals surface area contributed by atoms with Crippen molar-refractivity contribution in [3.63, 3.8) is 0 Å². The van der Waals surface area contributed by atoms with E-state index in [-0.39, 0.29) is 0 Å². The molecule has 0 radical (unpaired) electrons. The van der Waals surface area contributed by atoms with Crippen LogP contribution >= 0.6 is 0 Å².